The summed E-state index contributed by atoms with van der Waals surface area (Å²) < 4.78 is 11.0. The molecular formula is C48H34N6O8. The molecule has 10 rings (SSSR count). The van der Waals surface area contributed by atoms with Crippen molar-refractivity contribution in [2.45, 2.75) is 36.5 Å². The molecule has 6 aromatic carbocycles. The van der Waals surface area contributed by atoms with Crippen molar-refractivity contribution in [2.75, 3.05) is 0 Å². The van der Waals surface area contributed by atoms with Gasteiger partial charge in [-0.05, 0) is 57.6 Å². The van der Waals surface area contributed by atoms with E-state index in [-0.39, 0.29) is 59.4 Å². The molecule has 0 amide bonds. The first-order valence-corrected chi connectivity index (χ1v) is 19.8. The lowest BCUT2D eigenvalue weighted by molar-refractivity contribution is -0.385. The van der Waals surface area contributed by atoms with Gasteiger partial charge in [-0.25, -0.2) is 9.59 Å². The van der Waals surface area contributed by atoms with Crippen LogP contribution in [0.15, 0.2) is 180 Å². The smallest absolute Gasteiger partial charge is 0.336 e. The predicted molar refractivity (Wildman–Crippen MR) is 228 cm³/mol. The minimum absolute atomic E-state index is 0.0336. The quantitative estimate of drug-likeness (QED) is 0.0292. The second-order valence-corrected chi connectivity index (χ2v) is 15.2. The van der Waals surface area contributed by atoms with Crippen LogP contribution >= 0.6 is 0 Å². The normalized spacial score (nSPS) is 24.0. The fourth-order valence-electron chi connectivity index (χ4n) is 8.64. The van der Waals surface area contributed by atoms with E-state index in [9.17, 15) is 29.8 Å². The molecule has 62 heavy (non-hydrogen) atoms. The molecule has 0 spiro atoms. The van der Waals surface area contributed by atoms with Gasteiger partial charge in [0.05, 0.1) is 45.4 Å². The lowest BCUT2D eigenvalue weighted by Gasteiger charge is -2.15. The van der Waals surface area contributed by atoms with Crippen molar-refractivity contribution in [3.63, 3.8) is 0 Å². The molecule has 0 aliphatic carbocycles. The number of hydrogen-bond donors (Lipinski definition) is 0. The first-order valence-electron chi connectivity index (χ1n) is 19.8. The monoisotopic (exact) mass is 822 g/mol. The largest absolute Gasteiger partial charge is 0.423 e. The average Bonchev–Trinajstić information content (AvgIpc) is 4.13. The molecule has 0 bridgehead atoms. The minimum atomic E-state index is -0.772. The second-order valence-electron chi connectivity index (χ2n) is 15.2. The highest BCUT2D eigenvalue weighted by Gasteiger charge is 2.60. The third-order valence-electron chi connectivity index (χ3n) is 11.5. The number of benzene rings is 6. The van der Waals surface area contributed by atoms with E-state index in [2.05, 4.69) is 9.80 Å². The Labute approximate surface area is 354 Å². The minimum Gasteiger partial charge on any atom is -0.423 e. The van der Waals surface area contributed by atoms with Crippen molar-refractivity contribution < 1.29 is 28.9 Å². The van der Waals surface area contributed by atoms with Crippen molar-refractivity contribution >= 4 is 34.7 Å². The van der Waals surface area contributed by atoms with E-state index in [4.69, 9.17) is 19.5 Å². The maximum Gasteiger partial charge on any atom is 0.336 e. The number of carbonyl (C=O) groups is 2. The van der Waals surface area contributed by atoms with E-state index < -0.39 is 21.8 Å². The maximum absolute atomic E-state index is 12.7. The van der Waals surface area contributed by atoms with Crippen LogP contribution in [-0.4, -0.2) is 55.1 Å². The number of rotatable bonds is 12. The highest BCUT2D eigenvalue weighted by atomic mass is 16.6. The highest BCUT2D eigenvalue weighted by Crippen LogP contribution is 2.57. The molecule has 2 saturated heterocycles. The predicted octanol–water partition coefficient (Wildman–Crippen LogP) is 8.42. The molecule has 14 nitrogen and oxygen atoms in total. The van der Waals surface area contributed by atoms with Gasteiger partial charge in [-0.15, -0.1) is 0 Å². The van der Waals surface area contributed by atoms with Crippen LogP contribution in [-0.2, 0) is 9.59 Å². The molecule has 0 radical (unpaired) electrons. The number of nitro groups is 2. The lowest BCUT2D eigenvalue weighted by atomic mass is 10.0. The number of nitro benzene ring substituents is 2. The third-order valence-corrected chi connectivity index (χ3v) is 11.5. The number of hydrogen-bond acceptors (Lipinski definition) is 12. The second kappa shape index (κ2) is 15.6. The molecule has 4 aliphatic rings. The molecule has 0 N–H and O–H groups in total. The van der Waals surface area contributed by atoms with Crippen molar-refractivity contribution in [1.82, 2.24) is 9.80 Å². The summed E-state index contributed by atoms with van der Waals surface area (Å²) in [6.45, 7) is 0. The number of fused-ring (bicyclic) bond motifs is 2. The Balaban J connectivity index is 0.780. The van der Waals surface area contributed by atoms with Gasteiger partial charge < -0.3 is 9.47 Å². The lowest BCUT2D eigenvalue weighted by Crippen LogP contribution is -2.09. The van der Waals surface area contributed by atoms with E-state index in [1.807, 2.05) is 97.1 Å². The van der Waals surface area contributed by atoms with Crippen molar-refractivity contribution in [3.05, 3.63) is 223 Å². The number of nitrogens with zero attached hydrogens (tertiary/aromatic N) is 6. The summed E-state index contributed by atoms with van der Waals surface area (Å²) in [5.41, 5.74) is 7.21. The van der Waals surface area contributed by atoms with Crippen LogP contribution in [0, 0.1) is 20.2 Å². The Bertz CT molecular complexity index is 2650. The summed E-state index contributed by atoms with van der Waals surface area (Å²) in [5.74, 6) is -1.01. The molecule has 6 aromatic rings. The number of non-ortho nitro benzene ring substituents is 2. The number of carbonyl (C=O) groups excluding carboxylic acids is 2. The molecule has 8 unspecified atom stereocenters. The zero-order valence-electron chi connectivity index (χ0n) is 32.6. The SMILES string of the molecule is O=C(/C=C/C(=O)Oc1ccc(C2N=C(c3ccccc3)C3C(c4cccc([N+](=O)[O-])c4)N23)cc1)Oc1ccc(C2N=C(c3ccccc3)C3C(c4cccc([N+](=O)[O-])c4)N23)cc1. The van der Waals surface area contributed by atoms with E-state index in [1.165, 1.54) is 12.1 Å². The summed E-state index contributed by atoms with van der Waals surface area (Å²) in [7, 11) is 0. The molecular weight excluding hydrogens is 789 g/mol. The molecule has 2 fully saturated rings. The van der Waals surface area contributed by atoms with Crippen LogP contribution in [0.4, 0.5) is 11.4 Å². The van der Waals surface area contributed by atoms with E-state index >= 15 is 0 Å². The third kappa shape index (κ3) is 7.23. The van der Waals surface area contributed by atoms with Crippen LogP contribution in [0.3, 0.4) is 0 Å². The zero-order valence-corrected chi connectivity index (χ0v) is 32.6. The summed E-state index contributed by atoms with van der Waals surface area (Å²) in [5, 5.41) is 23.0. The van der Waals surface area contributed by atoms with Crippen molar-refractivity contribution in [3.8, 4) is 11.5 Å². The average molecular weight is 823 g/mol. The van der Waals surface area contributed by atoms with Gasteiger partial charge in [-0.1, -0.05) is 109 Å². The Morgan fingerprint density at radius 2 is 0.871 bits per heavy atom. The fraction of sp³-hybridized carbons (Fsp3) is 0.125. The van der Waals surface area contributed by atoms with Gasteiger partial charge in [0.15, 0.2) is 0 Å². The Morgan fingerprint density at radius 3 is 1.24 bits per heavy atom. The molecule has 0 aromatic heterocycles. The summed E-state index contributed by atoms with van der Waals surface area (Å²) in [6.07, 6.45) is 1.28. The van der Waals surface area contributed by atoms with Gasteiger partial charge in [-0.3, -0.25) is 40.0 Å². The van der Waals surface area contributed by atoms with Gasteiger partial charge in [0.1, 0.15) is 23.8 Å². The number of aliphatic imine (C=N–C) groups is 2. The van der Waals surface area contributed by atoms with Gasteiger partial charge >= 0.3 is 11.9 Å². The maximum atomic E-state index is 12.7. The van der Waals surface area contributed by atoms with Gasteiger partial charge in [0.2, 0.25) is 0 Å². The Hall–Kier alpha value is -7.94. The molecule has 4 aliphatic heterocycles. The van der Waals surface area contributed by atoms with Crippen LogP contribution in [0.25, 0.3) is 0 Å². The topological polar surface area (TPSA) is 170 Å². The molecule has 0 saturated carbocycles. The highest BCUT2D eigenvalue weighted by molar-refractivity contribution is 6.09. The van der Waals surface area contributed by atoms with E-state index in [1.54, 1.807) is 48.5 Å². The van der Waals surface area contributed by atoms with E-state index in [0.717, 1.165) is 57.0 Å². The van der Waals surface area contributed by atoms with Crippen LogP contribution in [0.5, 0.6) is 11.5 Å². The fourth-order valence-corrected chi connectivity index (χ4v) is 8.64. The molecule has 8 atom stereocenters. The molecule has 4 heterocycles. The van der Waals surface area contributed by atoms with Crippen molar-refractivity contribution in [1.29, 1.82) is 0 Å². The summed E-state index contributed by atoms with van der Waals surface area (Å²) in [6, 6.07) is 46.7. The number of ether oxygens (including phenoxy) is 2. The van der Waals surface area contributed by atoms with Crippen LogP contribution in [0.1, 0.15) is 57.8 Å². The van der Waals surface area contributed by atoms with E-state index in [0.29, 0.717) is 0 Å². The van der Waals surface area contributed by atoms with Gasteiger partial charge in [-0.2, -0.15) is 0 Å². The summed E-state index contributed by atoms with van der Waals surface area (Å²) >= 11 is 0. The molecule has 14 heteroatoms. The van der Waals surface area contributed by atoms with Gasteiger partial charge in [0, 0.05) is 36.4 Å². The number of esters is 2. The Morgan fingerprint density at radius 1 is 0.484 bits per heavy atom. The van der Waals surface area contributed by atoms with Crippen LogP contribution in [0.2, 0.25) is 0 Å². The standard InChI is InChI=1S/C48H34N6O8/c55-39(61-37-21-17-31(18-22-37)47-49-41(29-9-3-1-4-10-29)45-43(51(45)47)33-13-7-15-35(27-33)53(57)58)25-26-40(56)62-38-23-19-32(20-24-38)48-50-42(30-11-5-2-6-12-30)46-44(52(46)48)34-14-8-16-36(28-34)54(59)60/h1-28,43-48H/b26-25+. The Kier molecular flexibility index (Phi) is 9.62. The molecule has 304 valence electrons. The van der Waals surface area contributed by atoms with Crippen molar-refractivity contribution in [2.24, 2.45) is 9.98 Å². The first-order chi connectivity index (χ1) is 30.2. The zero-order chi connectivity index (χ0) is 42.5. The summed E-state index contributed by atoms with van der Waals surface area (Å²) in [4.78, 5) is 62.2. The first kappa shape index (κ1) is 38.3. The van der Waals surface area contributed by atoms with Gasteiger partial charge in [0.25, 0.3) is 11.4 Å². The van der Waals surface area contributed by atoms with Crippen LogP contribution < -0.4 is 9.47 Å².